The number of amides is 2. The number of nitrogens with zero attached hydrogens (tertiary/aromatic N) is 1. The molecule has 1 aromatic rings. The van der Waals surface area contributed by atoms with E-state index in [1.54, 1.807) is 32.3 Å². The van der Waals surface area contributed by atoms with Gasteiger partial charge in [-0.1, -0.05) is 18.9 Å². The fourth-order valence-electron chi connectivity index (χ4n) is 2.80. The van der Waals surface area contributed by atoms with E-state index in [0.29, 0.717) is 23.6 Å². The van der Waals surface area contributed by atoms with Crippen LogP contribution in [0.2, 0.25) is 0 Å². The van der Waals surface area contributed by atoms with Crippen LogP contribution in [0.5, 0.6) is 0 Å². The molecule has 0 aromatic heterocycles. The van der Waals surface area contributed by atoms with Crippen LogP contribution < -0.4 is 10.6 Å². The molecule has 0 unspecified atom stereocenters. The van der Waals surface area contributed by atoms with Crippen molar-refractivity contribution in [2.45, 2.75) is 32.1 Å². The summed E-state index contributed by atoms with van der Waals surface area (Å²) in [6, 6.07) is 7.05. The molecule has 2 rings (SSSR count). The Morgan fingerprint density at radius 3 is 2.61 bits per heavy atom. The van der Waals surface area contributed by atoms with Gasteiger partial charge in [-0.25, -0.2) is 0 Å². The first-order chi connectivity index (χ1) is 11.0. The number of anilines is 1. The van der Waals surface area contributed by atoms with Gasteiger partial charge in [0.1, 0.15) is 0 Å². The number of hydrogen-bond donors (Lipinski definition) is 2. The molecule has 0 radical (unpaired) electrons. The van der Waals surface area contributed by atoms with Crippen molar-refractivity contribution in [1.82, 2.24) is 10.2 Å². The van der Waals surface area contributed by atoms with Gasteiger partial charge in [-0.15, -0.1) is 0 Å². The zero-order valence-electron chi connectivity index (χ0n) is 13.6. The quantitative estimate of drug-likeness (QED) is 0.832. The summed E-state index contributed by atoms with van der Waals surface area (Å²) in [6.45, 7) is 0. The van der Waals surface area contributed by atoms with E-state index in [1.807, 2.05) is 6.07 Å². The summed E-state index contributed by atoms with van der Waals surface area (Å²) >= 11 is 5.18. The molecular weight excluding hydrogens is 310 g/mol. The van der Waals surface area contributed by atoms with Crippen LogP contribution >= 0.6 is 12.2 Å². The van der Waals surface area contributed by atoms with Crippen molar-refractivity contribution >= 4 is 34.8 Å². The monoisotopic (exact) mass is 333 g/mol. The predicted octanol–water partition coefficient (Wildman–Crippen LogP) is 2.78. The maximum absolute atomic E-state index is 12.0. The minimum absolute atomic E-state index is 0.0464. The van der Waals surface area contributed by atoms with Crippen molar-refractivity contribution in [1.29, 1.82) is 0 Å². The van der Waals surface area contributed by atoms with E-state index in [2.05, 4.69) is 10.6 Å². The molecule has 1 aromatic carbocycles. The van der Waals surface area contributed by atoms with Crippen molar-refractivity contribution in [3.63, 3.8) is 0 Å². The van der Waals surface area contributed by atoms with Crippen molar-refractivity contribution in [3.05, 3.63) is 29.8 Å². The van der Waals surface area contributed by atoms with Gasteiger partial charge in [0.05, 0.1) is 0 Å². The van der Waals surface area contributed by atoms with Gasteiger partial charge in [0.15, 0.2) is 5.11 Å². The number of carbonyl (C=O) groups excluding carboxylic acids is 2. The number of hydrogen-bond acceptors (Lipinski definition) is 3. The van der Waals surface area contributed by atoms with Crippen molar-refractivity contribution in [2.24, 2.45) is 5.92 Å². The normalized spacial score (nSPS) is 14.3. The SMILES string of the molecule is CN(C)C(=O)c1cccc(NC(=S)NC(=O)CC2CCCC2)c1. The van der Waals surface area contributed by atoms with Crippen LogP contribution in [-0.2, 0) is 4.79 Å². The molecule has 6 heteroatoms. The maximum atomic E-state index is 12.0. The molecule has 1 saturated carbocycles. The number of rotatable bonds is 4. The van der Waals surface area contributed by atoms with Crippen LogP contribution in [0.4, 0.5) is 5.69 Å². The summed E-state index contributed by atoms with van der Waals surface area (Å²) < 4.78 is 0. The molecule has 1 aliphatic carbocycles. The number of thiocarbonyl (C=S) groups is 1. The summed E-state index contributed by atoms with van der Waals surface area (Å²) in [5.41, 5.74) is 1.25. The lowest BCUT2D eigenvalue weighted by Gasteiger charge is -2.14. The largest absolute Gasteiger partial charge is 0.345 e. The van der Waals surface area contributed by atoms with Crippen LogP contribution in [0.3, 0.4) is 0 Å². The minimum atomic E-state index is -0.0789. The molecule has 2 amide bonds. The highest BCUT2D eigenvalue weighted by Gasteiger charge is 2.19. The average molecular weight is 333 g/mol. The molecule has 0 saturated heterocycles. The Morgan fingerprint density at radius 2 is 1.96 bits per heavy atom. The molecule has 5 nitrogen and oxygen atoms in total. The predicted molar refractivity (Wildman–Crippen MR) is 95.4 cm³/mol. The molecule has 1 fully saturated rings. The third-order valence-corrected chi connectivity index (χ3v) is 4.18. The average Bonchev–Trinajstić information content (AvgIpc) is 2.99. The van der Waals surface area contributed by atoms with E-state index >= 15 is 0 Å². The van der Waals surface area contributed by atoms with Crippen LogP contribution in [0, 0.1) is 5.92 Å². The maximum Gasteiger partial charge on any atom is 0.253 e. The van der Waals surface area contributed by atoms with Gasteiger partial charge in [-0.3, -0.25) is 9.59 Å². The minimum Gasteiger partial charge on any atom is -0.345 e. The molecule has 0 spiro atoms. The molecule has 0 heterocycles. The van der Waals surface area contributed by atoms with Crippen LogP contribution in [0.25, 0.3) is 0 Å². The summed E-state index contributed by atoms with van der Waals surface area (Å²) in [5, 5.41) is 5.94. The first-order valence-corrected chi connectivity index (χ1v) is 8.29. The topological polar surface area (TPSA) is 61.4 Å². The molecule has 2 N–H and O–H groups in total. The van der Waals surface area contributed by atoms with Gasteiger partial charge in [0.25, 0.3) is 5.91 Å². The first kappa shape index (κ1) is 17.4. The van der Waals surface area contributed by atoms with Crippen molar-refractivity contribution < 1.29 is 9.59 Å². The van der Waals surface area contributed by atoms with Gasteiger partial charge in [-0.05, 0) is 49.2 Å². The Bertz CT molecular complexity index is 595. The van der Waals surface area contributed by atoms with Gasteiger partial charge in [0.2, 0.25) is 5.91 Å². The Labute approximate surface area is 142 Å². The Hall–Kier alpha value is -1.95. The third-order valence-electron chi connectivity index (χ3n) is 3.98. The highest BCUT2D eigenvalue weighted by atomic mass is 32.1. The molecule has 0 aliphatic heterocycles. The Kier molecular flexibility index (Phi) is 6.10. The summed E-state index contributed by atoms with van der Waals surface area (Å²) in [5.74, 6) is 0.360. The van der Waals surface area contributed by atoms with E-state index in [4.69, 9.17) is 12.2 Å². The summed E-state index contributed by atoms with van der Waals surface area (Å²) in [7, 11) is 3.41. The molecule has 124 valence electrons. The lowest BCUT2D eigenvalue weighted by Crippen LogP contribution is -2.35. The smallest absolute Gasteiger partial charge is 0.253 e. The molecule has 23 heavy (non-hydrogen) atoms. The van der Waals surface area contributed by atoms with Crippen LogP contribution in [0.1, 0.15) is 42.5 Å². The summed E-state index contributed by atoms with van der Waals surface area (Å²) in [4.78, 5) is 25.4. The lowest BCUT2D eigenvalue weighted by molar-refractivity contribution is -0.120. The second kappa shape index (κ2) is 8.06. The fraction of sp³-hybridized carbons (Fsp3) is 0.471. The van der Waals surface area contributed by atoms with Crippen molar-refractivity contribution in [2.75, 3.05) is 19.4 Å². The van der Waals surface area contributed by atoms with Crippen LogP contribution in [0.15, 0.2) is 24.3 Å². The highest BCUT2D eigenvalue weighted by molar-refractivity contribution is 7.80. The van der Waals surface area contributed by atoms with E-state index in [0.717, 1.165) is 12.8 Å². The van der Waals surface area contributed by atoms with Gasteiger partial charge in [0, 0.05) is 31.8 Å². The van der Waals surface area contributed by atoms with Crippen LogP contribution in [-0.4, -0.2) is 35.9 Å². The number of nitrogens with one attached hydrogen (secondary N) is 2. The van der Waals surface area contributed by atoms with Gasteiger partial charge in [-0.2, -0.15) is 0 Å². The number of carbonyl (C=O) groups is 2. The standard InChI is InChI=1S/C17H23N3O2S/c1-20(2)16(22)13-8-5-9-14(11-13)18-17(23)19-15(21)10-12-6-3-4-7-12/h5,8-9,11-12H,3-4,6-7,10H2,1-2H3,(H2,18,19,21,23). The molecule has 0 bridgehead atoms. The molecule has 0 atom stereocenters. The fourth-order valence-corrected chi connectivity index (χ4v) is 3.04. The van der Waals surface area contributed by atoms with Gasteiger partial charge >= 0.3 is 0 Å². The van der Waals surface area contributed by atoms with E-state index in [-0.39, 0.29) is 16.9 Å². The number of benzene rings is 1. The molecular formula is C17H23N3O2S. The van der Waals surface area contributed by atoms with Crippen molar-refractivity contribution in [3.8, 4) is 0 Å². The zero-order chi connectivity index (χ0) is 16.8. The second-order valence-electron chi connectivity index (χ2n) is 6.14. The molecule has 1 aliphatic rings. The first-order valence-electron chi connectivity index (χ1n) is 7.88. The third kappa shape index (κ3) is 5.32. The lowest BCUT2D eigenvalue weighted by atomic mass is 10.0. The van der Waals surface area contributed by atoms with E-state index in [1.165, 1.54) is 17.7 Å². The second-order valence-corrected chi connectivity index (χ2v) is 6.55. The Morgan fingerprint density at radius 1 is 1.26 bits per heavy atom. The van der Waals surface area contributed by atoms with Gasteiger partial charge < -0.3 is 15.5 Å². The Balaban J connectivity index is 1.88. The van der Waals surface area contributed by atoms with E-state index < -0.39 is 0 Å². The zero-order valence-corrected chi connectivity index (χ0v) is 14.4. The van der Waals surface area contributed by atoms with E-state index in [9.17, 15) is 9.59 Å². The highest BCUT2D eigenvalue weighted by Crippen LogP contribution is 2.27. The summed E-state index contributed by atoms with van der Waals surface area (Å²) in [6.07, 6.45) is 5.21.